The van der Waals surface area contributed by atoms with E-state index in [-0.39, 0.29) is 17.0 Å². The number of anilines is 3. The maximum atomic E-state index is 13.5. The molecule has 0 fully saturated rings. The summed E-state index contributed by atoms with van der Waals surface area (Å²) in [6.07, 6.45) is 4.37. The number of carbonyl (C=O) groups excluding carboxylic acids is 1. The summed E-state index contributed by atoms with van der Waals surface area (Å²) in [6, 6.07) is 7.74. The second kappa shape index (κ2) is 11.7. The zero-order chi connectivity index (χ0) is 24.7. The van der Waals surface area contributed by atoms with Crippen molar-refractivity contribution in [3.8, 4) is 5.75 Å². The third kappa shape index (κ3) is 6.86. The molecule has 0 bridgehead atoms. The maximum Gasteiger partial charge on any atom is 0.248 e. The summed E-state index contributed by atoms with van der Waals surface area (Å²) >= 11 is 5.91. The van der Waals surface area contributed by atoms with E-state index in [0.29, 0.717) is 47.0 Å². The van der Waals surface area contributed by atoms with Crippen LogP contribution in [0.15, 0.2) is 48.8 Å². The highest BCUT2D eigenvalue weighted by molar-refractivity contribution is 6.31. The number of aromatic nitrogens is 2. The monoisotopic (exact) mass is 487 g/mol. The highest BCUT2D eigenvalue weighted by Gasteiger charge is 2.15. The van der Waals surface area contributed by atoms with Crippen LogP contribution in [0.3, 0.4) is 0 Å². The third-order valence-electron chi connectivity index (χ3n) is 4.65. The number of likely N-dealkylation sites (N-methyl/N-ethyl adjacent to an activating group) is 1. The summed E-state index contributed by atoms with van der Waals surface area (Å²) in [5.74, 6) is 0.0878. The molecule has 1 aromatic heterocycles. The molecule has 1 atom stereocenters. The van der Waals surface area contributed by atoms with Gasteiger partial charge in [-0.25, -0.2) is 14.4 Å². The average molecular weight is 488 g/mol. The number of amides is 1. The molecule has 1 amide bonds. The van der Waals surface area contributed by atoms with Gasteiger partial charge in [0.15, 0.2) is 0 Å². The van der Waals surface area contributed by atoms with E-state index in [1.807, 2.05) is 25.9 Å². The molecular weight excluding hydrogens is 461 g/mol. The lowest BCUT2D eigenvalue weighted by Crippen LogP contribution is -2.19. The lowest BCUT2D eigenvalue weighted by molar-refractivity contribution is -0.111. The molecular formula is C24H27ClFN5O3. The van der Waals surface area contributed by atoms with Crippen LogP contribution in [0.2, 0.25) is 5.02 Å². The van der Waals surface area contributed by atoms with Crippen LogP contribution in [-0.2, 0) is 9.53 Å². The molecule has 2 aromatic carbocycles. The van der Waals surface area contributed by atoms with Crippen LogP contribution >= 0.6 is 11.6 Å². The number of hydrogen-bond donors (Lipinski definition) is 2. The van der Waals surface area contributed by atoms with Crippen molar-refractivity contribution in [3.05, 3.63) is 59.7 Å². The number of hydrogen-bond acceptors (Lipinski definition) is 7. The van der Waals surface area contributed by atoms with Gasteiger partial charge in [-0.3, -0.25) is 4.79 Å². The fraction of sp³-hybridized carbons (Fsp3) is 0.292. The number of rotatable bonds is 10. The Morgan fingerprint density at radius 3 is 2.76 bits per heavy atom. The van der Waals surface area contributed by atoms with E-state index in [0.717, 1.165) is 0 Å². The van der Waals surface area contributed by atoms with Crippen LogP contribution < -0.4 is 15.4 Å². The van der Waals surface area contributed by atoms with Gasteiger partial charge in [0, 0.05) is 36.9 Å². The fourth-order valence-corrected chi connectivity index (χ4v) is 3.30. The van der Waals surface area contributed by atoms with Gasteiger partial charge in [0.2, 0.25) is 5.91 Å². The Labute approximate surface area is 202 Å². The summed E-state index contributed by atoms with van der Waals surface area (Å²) in [5, 5.41) is 6.61. The van der Waals surface area contributed by atoms with E-state index in [4.69, 9.17) is 21.1 Å². The topological polar surface area (TPSA) is 88.6 Å². The van der Waals surface area contributed by atoms with E-state index >= 15 is 0 Å². The lowest BCUT2D eigenvalue weighted by Gasteiger charge is -2.18. The number of nitrogens with zero attached hydrogens (tertiary/aromatic N) is 3. The van der Waals surface area contributed by atoms with Crippen molar-refractivity contribution in [1.82, 2.24) is 14.9 Å². The molecule has 8 nitrogen and oxygen atoms in total. The molecule has 1 heterocycles. The highest BCUT2D eigenvalue weighted by Crippen LogP contribution is 2.34. The van der Waals surface area contributed by atoms with Gasteiger partial charge in [-0.2, -0.15) is 0 Å². The van der Waals surface area contributed by atoms with Gasteiger partial charge >= 0.3 is 0 Å². The zero-order valence-electron chi connectivity index (χ0n) is 19.4. The predicted octanol–water partition coefficient (Wildman–Crippen LogP) is 4.64. The number of ether oxygens (including phenoxy) is 2. The quantitative estimate of drug-likeness (QED) is 0.403. The number of carbonyl (C=O) groups is 1. The van der Waals surface area contributed by atoms with Crippen molar-refractivity contribution >= 4 is 45.6 Å². The molecule has 3 aromatic rings. The smallest absolute Gasteiger partial charge is 0.248 e. The lowest BCUT2D eigenvalue weighted by atomic mass is 10.1. The molecule has 10 heteroatoms. The summed E-state index contributed by atoms with van der Waals surface area (Å²) in [5.41, 5.74) is 1.59. The average Bonchev–Trinajstić information content (AvgIpc) is 2.77. The van der Waals surface area contributed by atoms with Crippen LogP contribution in [0, 0.1) is 5.82 Å². The maximum absolute atomic E-state index is 13.5. The molecule has 0 saturated carbocycles. The summed E-state index contributed by atoms with van der Waals surface area (Å²) in [6.45, 7) is 2.86. The van der Waals surface area contributed by atoms with Crippen molar-refractivity contribution in [2.75, 3.05) is 45.0 Å². The van der Waals surface area contributed by atoms with Crippen molar-refractivity contribution in [3.63, 3.8) is 0 Å². The minimum Gasteiger partial charge on any atom is -0.486 e. The van der Waals surface area contributed by atoms with Gasteiger partial charge in [-0.05, 0) is 45.3 Å². The standard InChI is InChI=1S/C24H27ClFN5O3/c1-15(13-33-4)34-22-12-20-17(11-21(22)30-23(32)6-5-9-31(2)3)24(28-14-27-20)29-16-7-8-19(26)18(25)10-16/h5-8,10-12,14-15H,9,13H2,1-4H3,(H,30,32)(H,27,28,29)/b6-5+. The Morgan fingerprint density at radius 2 is 2.06 bits per heavy atom. The van der Waals surface area contributed by atoms with Crippen LogP contribution in [-0.4, -0.2) is 61.2 Å². The molecule has 1 unspecified atom stereocenters. The number of fused-ring (bicyclic) bond motifs is 1. The minimum atomic E-state index is -0.515. The van der Waals surface area contributed by atoms with Gasteiger partial charge in [0.25, 0.3) is 0 Å². The Bertz CT molecular complexity index is 1190. The summed E-state index contributed by atoms with van der Waals surface area (Å²) in [7, 11) is 5.42. The van der Waals surface area contributed by atoms with Crippen LogP contribution in [0.1, 0.15) is 6.92 Å². The van der Waals surface area contributed by atoms with Gasteiger partial charge in [0.05, 0.1) is 22.8 Å². The van der Waals surface area contributed by atoms with Gasteiger partial charge in [-0.15, -0.1) is 0 Å². The van der Waals surface area contributed by atoms with E-state index in [1.54, 1.807) is 31.4 Å². The molecule has 180 valence electrons. The Kier molecular flexibility index (Phi) is 8.75. The molecule has 0 spiro atoms. The Morgan fingerprint density at radius 1 is 1.26 bits per heavy atom. The Hall–Kier alpha value is -3.27. The van der Waals surface area contributed by atoms with Gasteiger partial charge in [0.1, 0.15) is 29.8 Å². The predicted molar refractivity (Wildman–Crippen MR) is 133 cm³/mol. The molecule has 0 aliphatic carbocycles. The van der Waals surface area contributed by atoms with E-state index in [1.165, 1.54) is 24.5 Å². The zero-order valence-corrected chi connectivity index (χ0v) is 20.2. The van der Waals surface area contributed by atoms with Crippen molar-refractivity contribution in [2.45, 2.75) is 13.0 Å². The molecule has 0 saturated heterocycles. The first-order chi connectivity index (χ1) is 16.3. The molecule has 0 aliphatic heterocycles. The van der Waals surface area contributed by atoms with Crippen LogP contribution in [0.4, 0.5) is 21.6 Å². The summed E-state index contributed by atoms with van der Waals surface area (Å²) < 4.78 is 24.7. The minimum absolute atomic E-state index is 0.0105. The van der Waals surface area contributed by atoms with E-state index < -0.39 is 5.82 Å². The van der Waals surface area contributed by atoms with Crippen molar-refractivity contribution in [1.29, 1.82) is 0 Å². The number of nitrogens with one attached hydrogen (secondary N) is 2. The SMILES string of the molecule is COCC(C)Oc1cc2ncnc(Nc3ccc(F)c(Cl)c3)c2cc1NC(=O)/C=C/CN(C)C. The second-order valence-electron chi connectivity index (χ2n) is 7.88. The Balaban J connectivity index is 1.99. The summed E-state index contributed by atoms with van der Waals surface area (Å²) in [4.78, 5) is 23.1. The van der Waals surface area contributed by atoms with Crippen LogP contribution in [0.5, 0.6) is 5.75 Å². The van der Waals surface area contributed by atoms with Gasteiger partial charge in [-0.1, -0.05) is 17.7 Å². The van der Waals surface area contributed by atoms with Crippen molar-refractivity contribution in [2.24, 2.45) is 0 Å². The largest absolute Gasteiger partial charge is 0.486 e. The van der Waals surface area contributed by atoms with E-state index in [2.05, 4.69) is 20.6 Å². The van der Waals surface area contributed by atoms with Crippen molar-refractivity contribution < 1.29 is 18.7 Å². The molecule has 0 radical (unpaired) electrons. The molecule has 0 aliphatic rings. The first kappa shape index (κ1) is 25.4. The fourth-order valence-electron chi connectivity index (χ4n) is 3.12. The number of benzene rings is 2. The highest BCUT2D eigenvalue weighted by atomic mass is 35.5. The van der Waals surface area contributed by atoms with E-state index in [9.17, 15) is 9.18 Å². The van der Waals surface area contributed by atoms with Gasteiger partial charge < -0.3 is 25.0 Å². The van der Waals surface area contributed by atoms with Crippen LogP contribution in [0.25, 0.3) is 10.9 Å². The molecule has 2 N–H and O–H groups in total. The number of methoxy groups -OCH3 is 1. The third-order valence-corrected chi connectivity index (χ3v) is 4.94. The second-order valence-corrected chi connectivity index (χ2v) is 8.29. The normalized spacial score (nSPS) is 12.3. The first-order valence-electron chi connectivity index (χ1n) is 10.6. The molecule has 3 rings (SSSR count). The first-order valence-corrected chi connectivity index (χ1v) is 10.9. The number of halogens is 2. The molecule has 34 heavy (non-hydrogen) atoms.